The van der Waals surface area contributed by atoms with Crippen LogP contribution in [0.25, 0.3) is 0 Å². The van der Waals surface area contributed by atoms with Crippen LogP contribution in [0.2, 0.25) is 0 Å². The second-order valence-electron chi connectivity index (χ2n) is 4.77. The molecule has 1 rings (SSSR count). The van der Waals surface area contributed by atoms with Gasteiger partial charge in [0.25, 0.3) is 0 Å². The molecule has 0 saturated carbocycles. The molecule has 4 nitrogen and oxygen atoms in total. The maximum absolute atomic E-state index is 11.9. The molecule has 0 radical (unpaired) electrons. The lowest BCUT2D eigenvalue weighted by atomic mass is 9.93. The third kappa shape index (κ3) is 5.20. The molecule has 7 heteroatoms. The van der Waals surface area contributed by atoms with Crippen molar-refractivity contribution >= 4 is 0 Å². The first-order valence-corrected chi connectivity index (χ1v) is 6.19. The van der Waals surface area contributed by atoms with Gasteiger partial charge in [0.2, 0.25) is 0 Å². The predicted molar refractivity (Wildman–Crippen MR) is 65.7 cm³/mol. The highest BCUT2D eigenvalue weighted by Crippen LogP contribution is 2.23. The number of hydrogen-bond acceptors (Lipinski definition) is 3. The van der Waals surface area contributed by atoms with Crippen LogP contribution in [0.15, 0.2) is 12.5 Å². The molecular weight excluding hydrogens is 259 g/mol. The van der Waals surface area contributed by atoms with Gasteiger partial charge in [0, 0.05) is 30.9 Å². The van der Waals surface area contributed by atoms with Crippen molar-refractivity contribution in [3.05, 3.63) is 18.2 Å². The summed E-state index contributed by atoms with van der Waals surface area (Å²) in [6.45, 7) is 3.70. The molecule has 0 aliphatic carbocycles. The maximum atomic E-state index is 11.9. The van der Waals surface area contributed by atoms with Crippen molar-refractivity contribution in [3.8, 4) is 0 Å². The van der Waals surface area contributed by atoms with E-state index in [1.54, 1.807) is 17.1 Å². The summed E-state index contributed by atoms with van der Waals surface area (Å²) in [5.41, 5.74) is 6.66. The number of aromatic nitrogens is 2. The molecule has 0 saturated heterocycles. The van der Waals surface area contributed by atoms with Crippen LogP contribution in [-0.2, 0) is 11.3 Å². The molecule has 0 aromatic carbocycles. The highest BCUT2D eigenvalue weighted by molar-refractivity contribution is 5.08. The second kappa shape index (κ2) is 6.91. The van der Waals surface area contributed by atoms with Crippen LogP contribution in [0.1, 0.15) is 25.5 Å². The van der Waals surface area contributed by atoms with E-state index in [2.05, 4.69) is 23.6 Å². The van der Waals surface area contributed by atoms with Crippen molar-refractivity contribution in [2.75, 3.05) is 19.8 Å². The molecule has 2 N–H and O–H groups in total. The third-order valence-electron chi connectivity index (χ3n) is 2.93. The maximum Gasteiger partial charge on any atom is 0.411 e. The largest absolute Gasteiger partial charge is 0.411 e. The number of ether oxygens (including phenoxy) is 1. The van der Waals surface area contributed by atoms with E-state index in [1.165, 1.54) is 0 Å². The molecule has 1 atom stereocenters. The van der Waals surface area contributed by atoms with E-state index in [9.17, 15) is 13.2 Å². The number of imidazole rings is 1. The van der Waals surface area contributed by atoms with E-state index in [4.69, 9.17) is 5.73 Å². The highest BCUT2D eigenvalue weighted by Gasteiger charge is 2.27. The van der Waals surface area contributed by atoms with Gasteiger partial charge in [-0.05, 0) is 5.92 Å². The van der Waals surface area contributed by atoms with Gasteiger partial charge < -0.3 is 15.0 Å². The van der Waals surface area contributed by atoms with Gasteiger partial charge >= 0.3 is 6.18 Å². The molecule has 1 aromatic heterocycles. The van der Waals surface area contributed by atoms with Crippen molar-refractivity contribution in [2.45, 2.75) is 32.5 Å². The lowest BCUT2D eigenvalue weighted by molar-refractivity contribution is -0.174. The lowest BCUT2D eigenvalue weighted by Gasteiger charge is -2.20. The van der Waals surface area contributed by atoms with Gasteiger partial charge in [-0.2, -0.15) is 13.2 Å². The average molecular weight is 279 g/mol. The Labute approximate surface area is 110 Å². The summed E-state index contributed by atoms with van der Waals surface area (Å²) in [6, 6.07) is 0. The van der Waals surface area contributed by atoms with Gasteiger partial charge in [0.15, 0.2) is 0 Å². The standard InChI is InChI=1S/C12H20F3N3O/c1-9(2)10(5-16)11-6-17-8-18(11)3-4-19-7-12(13,14)15/h6,8-10H,3-5,7,16H2,1-2H3. The Hall–Kier alpha value is -1.08. The summed E-state index contributed by atoms with van der Waals surface area (Å²) in [4.78, 5) is 4.03. The quantitative estimate of drug-likeness (QED) is 0.778. The van der Waals surface area contributed by atoms with Crippen LogP contribution in [0.3, 0.4) is 0 Å². The zero-order chi connectivity index (χ0) is 14.5. The molecule has 1 aromatic rings. The minimum absolute atomic E-state index is 0.00173. The molecule has 1 unspecified atom stereocenters. The molecule has 1 heterocycles. The Morgan fingerprint density at radius 2 is 2.11 bits per heavy atom. The van der Waals surface area contributed by atoms with Crippen molar-refractivity contribution in [3.63, 3.8) is 0 Å². The van der Waals surface area contributed by atoms with Crippen LogP contribution in [0.4, 0.5) is 13.2 Å². The first-order chi connectivity index (χ1) is 8.85. The molecular formula is C12H20F3N3O. The molecule has 0 spiro atoms. The van der Waals surface area contributed by atoms with Crippen LogP contribution in [-0.4, -0.2) is 35.5 Å². The predicted octanol–water partition coefficient (Wildman–Crippen LogP) is 2.16. The molecule has 0 amide bonds. The zero-order valence-corrected chi connectivity index (χ0v) is 11.2. The smallest absolute Gasteiger partial charge is 0.370 e. The van der Waals surface area contributed by atoms with Gasteiger partial charge in [-0.3, -0.25) is 0 Å². The summed E-state index contributed by atoms with van der Waals surface area (Å²) in [6.07, 6.45) is -0.978. The van der Waals surface area contributed by atoms with Crippen molar-refractivity contribution < 1.29 is 17.9 Å². The summed E-state index contributed by atoms with van der Waals surface area (Å²) in [5, 5.41) is 0. The van der Waals surface area contributed by atoms with Crippen LogP contribution in [0.5, 0.6) is 0 Å². The minimum Gasteiger partial charge on any atom is -0.370 e. The third-order valence-corrected chi connectivity index (χ3v) is 2.93. The van der Waals surface area contributed by atoms with E-state index < -0.39 is 12.8 Å². The lowest BCUT2D eigenvalue weighted by Crippen LogP contribution is -2.23. The Balaban J connectivity index is 2.53. The number of halogens is 3. The Kier molecular flexibility index (Phi) is 5.81. The summed E-state index contributed by atoms with van der Waals surface area (Å²) >= 11 is 0. The average Bonchev–Trinajstić information content (AvgIpc) is 2.72. The minimum atomic E-state index is -4.28. The number of alkyl halides is 3. The molecule has 0 fully saturated rings. The van der Waals surface area contributed by atoms with E-state index in [1.807, 2.05) is 0 Å². The van der Waals surface area contributed by atoms with Gasteiger partial charge in [-0.1, -0.05) is 13.8 Å². The van der Waals surface area contributed by atoms with E-state index in [0.29, 0.717) is 19.0 Å². The zero-order valence-electron chi connectivity index (χ0n) is 11.2. The molecule has 0 aliphatic rings. The highest BCUT2D eigenvalue weighted by atomic mass is 19.4. The molecule has 0 aliphatic heterocycles. The summed E-state index contributed by atoms with van der Waals surface area (Å²) < 4.78 is 42.2. The van der Waals surface area contributed by atoms with E-state index in [-0.39, 0.29) is 12.5 Å². The van der Waals surface area contributed by atoms with E-state index >= 15 is 0 Å². The monoisotopic (exact) mass is 279 g/mol. The Bertz CT molecular complexity index is 377. The van der Waals surface area contributed by atoms with Crippen molar-refractivity contribution in [2.24, 2.45) is 11.7 Å². The Morgan fingerprint density at radius 3 is 2.63 bits per heavy atom. The molecule has 19 heavy (non-hydrogen) atoms. The first-order valence-electron chi connectivity index (χ1n) is 6.19. The fraction of sp³-hybridized carbons (Fsp3) is 0.750. The van der Waals surface area contributed by atoms with Crippen LogP contribution < -0.4 is 5.73 Å². The van der Waals surface area contributed by atoms with Crippen molar-refractivity contribution in [1.82, 2.24) is 9.55 Å². The number of nitrogens with zero attached hydrogens (tertiary/aromatic N) is 2. The first kappa shape index (κ1) is 16.0. The Morgan fingerprint density at radius 1 is 1.42 bits per heavy atom. The normalized spacial score (nSPS) is 14.1. The van der Waals surface area contributed by atoms with Gasteiger partial charge in [-0.15, -0.1) is 0 Å². The number of hydrogen-bond donors (Lipinski definition) is 1. The fourth-order valence-electron chi connectivity index (χ4n) is 1.91. The molecule has 0 bridgehead atoms. The van der Waals surface area contributed by atoms with Gasteiger partial charge in [-0.25, -0.2) is 4.98 Å². The van der Waals surface area contributed by atoms with Gasteiger partial charge in [0.1, 0.15) is 6.61 Å². The van der Waals surface area contributed by atoms with Crippen LogP contribution in [0, 0.1) is 5.92 Å². The van der Waals surface area contributed by atoms with E-state index in [0.717, 1.165) is 5.69 Å². The number of nitrogens with two attached hydrogens (primary N) is 1. The summed E-state index contributed by atoms with van der Waals surface area (Å²) in [7, 11) is 0. The van der Waals surface area contributed by atoms with Gasteiger partial charge in [0.05, 0.1) is 12.9 Å². The SMILES string of the molecule is CC(C)C(CN)c1cncn1CCOCC(F)(F)F. The summed E-state index contributed by atoms with van der Waals surface area (Å²) in [5.74, 6) is 0.488. The molecule has 110 valence electrons. The number of rotatable bonds is 7. The van der Waals surface area contributed by atoms with Crippen LogP contribution >= 0.6 is 0 Å². The second-order valence-corrected chi connectivity index (χ2v) is 4.77. The topological polar surface area (TPSA) is 53.1 Å². The fourth-order valence-corrected chi connectivity index (χ4v) is 1.91. The van der Waals surface area contributed by atoms with Crippen molar-refractivity contribution in [1.29, 1.82) is 0 Å².